The van der Waals surface area contributed by atoms with Crippen LogP contribution >= 0.6 is 0 Å². The number of nitrogens with zero attached hydrogens (tertiary/aromatic N) is 3. The molecule has 2 aromatic carbocycles. The smallest absolute Gasteiger partial charge is 0.270 e. The average Bonchev–Trinajstić information content (AvgIpc) is 2.60. The molecule has 0 aliphatic rings. The van der Waals surface area contributed by atoms with E-state index < -0.39 is 21.2 Å². The van der Waals surface area contributed by atoms with Crippen LogP contribution < -0.4 is 5.56 Å². The summed E-state index contributed by atoms with van der Waals surface area (Å²) in [7, 11) is 0. The molecule has 0 atom stereocenters. The summed E-state index contributed by atoms with van der Waals surface area (Å²) in [4.78, 5) is 50.9. The van der Waals surface area contributed by atoms with E-state index in [4.69, 9.17) is 0 Å². The maximum atomic E-state index is 12.4. The van der Waals surface area contributed by atoms with Gasteiger partial charge in [0.2, 0.25) is 5.78 Å². The highest BCUT2D eigenvalue weighted by Crippen LogP contribution is 2.18. The molecule has 0 aliphatic heterocycles. The minimum Gasteiger partial charge on any atom is -0.303 e. The molecular formula is C15H8N4O6. The Kier molecular flexibility index (Phi) is 3.77. The Labute approximate surface area is 138 Å². The highest BCUT2D eigenvalue weighted by atomic mass is 16.6. The van der Waals surface area contributed by atoms with Gasteiger partial charge in [0.25, 0.3) is 16.9 Å². The molecule has 0 fully saturated rings. The first-order chi connectivity index (χ1) is 11.9. The highest BCUT2D eigenvalue weighted by Gasteiger charge is 2.17. The fraction of sp³-hybridized carbons (Fsp3) is 0. The summed E-state index contributed by atoms with van der Waals surface area (Å²) < 4.78 is 0. The quantitative estimate of drug-likeness (QED) is 0.433. The molecule has 1 N–H and O–H groups in total. The van der Waals surface area contributed by atoms with Gasteiger partial charge in [0.05, 0.1) is 20.7 Å². The van der Waals surface area contributed by atoms with Gasteiger partial charge in [0.1, 0.15) is 0 Å². The molecule has 0 saturated carbocycles. The molecule has 0 spiro atoms. The predicted molar refractivity (Wildman–Crippen MR) is 85.5 cm³/mol. The van der Waals surface area contributed by atoms with E-state index in [1.165, 1.54) is 24.3 Å². The SMILES string of the molecule is O=C(c1ccc([N+](=O)[O-])cc1)c1nc2ccc([N+](=O)[O-])cc2c(=O)[nH]1. The fourth-order valence-electron chi connectivity index (χ4n) is 2.22. The molecule has 10 nitrogen and oxygen atoms in total. The Morgan fingerprint density at radius 1 is 0.960 bits per heavy atom. The Morgan fingerprint density at radius 3 is 2.16 bits per heavy atom. The minimum atomic E-state index is -0.695. The van der Waals surface area contributed by atoms with Crippen molar-refractivity contribution >= 4 is 28.1 Å². The number of ketones is 1. The number of nitro groups is 2. The molecular weight excluding hydrogens is 332 g/mol. The zero-order valence-corrected chi connectivity index (χ0v) is 12.3. The van der Waals surface area contributed by atoms with Crippen LogP contribution in [0.2, 0.25) is 0 Å². The van der Waals surface area contributed by atoms with E-state index in [2.05, 4.69) is 9.97 Å². The first-order valence-corrected chi connectivity index (χ1v) is 6.84. The monoisotopic (exact) mass is 340 g/mol. The van der Waals surface area contributed by atoms with Crippen molar-refractivity contribution in [1.82, 2.24) is 9.97 Å². The normalized spacial score (nSPS) is 10.6. The number of hydrogen-bond donors (Lipinski definition) is 1. The summed E-state index contributed by atoms with van der Waals surface area (Å²) >= 11 is 0. The van der Waals surface area contributed by atoms with E-state index in [9.17, 15) is 29.8 Å². The lowest BCUT2D eigenvalue weighted by atomic mass is 10.1. The van der Waals surface area contributed by atoms with Gasteiger partial charge in [0, 0.05) is 29.8 Å². The Balaban J connectivity index is 2.05. The van der Waals surface area contributed by atoms with Gasteiger partial charge in [-0.1, -0.05) is 0 Å². The third-order valence-electron chi connectivity index (χ3n) is 3.46. The molecule has 3 rings (SSSR count). The second-order valence-corrected chi connectivity index (χ2v) is 5.01. The standard InChI is InChI=1S/C15H8N4O6/c20-13(8-1-3-9(4-2-8)18(22)23)14-16-12-6-5-10(19(24)25)7-11(12)15(21)17-14/h1-7H,(H,16,17,21). The zero-order valence-electron chi connectivity index (χ0n) is 12.3. The number of hydrogen-bond acceptors (Lipinski definition) is 7. The summed E-state index contributed by atoms with van der Waals surface area (Å²) in [6, 6.07) is 8.35. The number of nitrogens with one attached hydrogen (secondary N) is 1. The van der Waals surface area contributed by atoms with Crippen LogP contribution in [0.25, 0.3) is 10.9 Å². The lowest BCUT2D eigenvalue weighted by molar-refractivity contribution is -0.385. The summed E-state index contributed by atoms with van der Waals surface area (Å²) in [5, 5.41) is 21.4. The number of fused-ring (bicyclic) bond motifs is 1. The van der Waals surface area contributed by atoms with Gasteiger partial charge in [-0.15, -0.1) is 0 Å². The van der Waals surface area contributed by atoms with E-state index in [1.807, 2.05) is 0 Å². The molecule has 1 aromatic heterocycles. The number of aromatic nitrogens is 2. The Hall–Kier alpha value is -3.95. The summed E-state index contributed by atoms with van der Waals surface area (Å²) in [5.41, 5.74) is -0.911. The van der Waals surface area contributed by atoms with E-state index in [-0.39, 0.29) is 33.7 Å². The average molecular weight is 340 g/mol. The number of benzene rings is 2. The van der Waals surface area contributed by atoms with Crippen LogP contribution in [-0.4, -0.2) is 25.6 Å². The summed E-state index contributed by atoms with van der Waals surface area (Å²) in [5.74, 6) is -0.896. The van der Waals surface area contributed by atoms with E-state index >= 15 is 0 Å². The molecule has 0 saturated heterocycles. The molecule has 0 bridgehead atoms. The van der Waals surface area contributed by atoms with Crippen LogP contribution in [-0.2, 0) is 0 Å². The van der Waals surface area contributed by atoms with E-state index in [0.717, 1.165) is 18.2 Å². The lowest BCUT2D eigenvalue weighted by Crippen LogP contribution is -2.16. The molecule has 1 heterocycles. The fourth-order valence-corrected chi connectivity index (χ4v) is 2.22. The maximum Gasteiger partial charge on any atom is 0.270 e. The van der Waals surface area contributed by atoms with Gasteiger partial charge in [0.15, 0.2) is 5.82 Å². The second-order valence-electron chi connectivity index (χ2n) is 5.01. The lowest BCUT2D eigenvalue weighted by Gasteiger charge is -2.03. The molecule has 10 heteroatoms. The minimum absolute atomic E-state index is 0.0190. The van der Waals surface area contributed by atoms with Crippen molar-refractivity contribution in [2.45, 2.75) is 0 Å². The molecule has 0 aliphatic carbocycles. The van der Waals surface area contributed by atoms with Crippen molar-refractivity contribution in [3.63, 3.8) is 0 Å². The number of carbonyl (C=O) groups is 1. The largest absolute Gasteiger partial charge is 0.303 e. The maximum absolute atomic E-state index is 12.4. The topological polar surface area (TPSA) is 149 Å². The second kappa shape index (κ2) is 5.92. The highest BCUT2D eigenvalue weighted by molar-refractivity contribution is 6.07. The van der Waals surface area contributed by atoms with Gasteiger partial charge >= 0.3 is 0 Å². The van der Waals surface area contributed by atoms with Crippen molar-refractivity contribution in [3.05, 3.63) is 84.4 Å². The Morgan fingerprint density at radius 2 is 1.56 bits per heavy atom. The van der Waals surface area contributed by atoms with Crippen LogP contribution in [0.4, 0.5) is 11.4 Å². The van der Waals surface area contributed by atoms with Crippen molar-refractivity contribution in [3.8, 4) is 0 Å². The predicted octanol–water partition coefficient (Wildman–Crippen LogP) is 1.97. The number of nitro benzene ring substituents is 2. The molecule has 0 unspecified atom stereocenters. The van der Waals surface area contributed by atoms with Crippen molar-refractivity contribution < 1.29 is 14.6 Å². The van der Waals surface area contributed by atoms with Crippen molar-refractivity contribution in [2.24, 2.45) is 0 Å². The van der Waals surface area contributed by atoms with Crippen LogP contribution in [0.15, 0.2) is 47.3 Å². The third-order valence-corrected chi connectivity index (χ3v) is 3.46. The van der Waals surface area contributed by atoms with Crippen LogP contribution in [0.5, 0.6) is 0 Å². The molecule has 0 amide bonds. The van der Waals surface area contributed by atoms with Gasteiger partial charge < -0.3 is 4.98 Å². The van der Waals surface area contributed by atoms with E-state index in [1.54, 1.807) is 0 Å². The van der Waals surface area contributed by atoms with Gasteiger partial charge in [-0.05, 0) is 18.2 Å². The third kappa shape index (κ3) is 2.95. The molecule has 3 aromatic rings. The number of carbonyl (C=O) groups excluding carboxylic acids is 1. The molecule has 0 radical (unpaired) electrons. The van der Waals surface area contributed by atoms with Crippen LogP contribution in [0, 0.1) is 20.2 Å². The van der Waals surface area contributed by atoms with E-state index in [0.29, 0.717) is 0 Å². The molecule has 25 heavy (non-hydrogen) atoms. The number of H-pyrrole nitrogens is 1. The molecule has 124 valence electrons. The number of rotatable bonds is 4. The number of non-ortho nitro benzene ring substituents is 2. The van der Waals surface area contributed by atoms with Crippen molar-refractivity contribution in [2.75, 3.05) is 0 Å². The first kappa shape index (κ1) is 15.9. The van der Waals surface area contributed by atoms with Crippen LogP contribution in [0.1, 0.15) is 16.2 Å². The summed E-state index contributed by atoms with van der Waals surface area (Å²) in [6.45, 7) is 0. The Bertz CT molecular complexity index is 1090. The van der Waals surface area contributed by atoms with Crippen LogP contribution in [0.3, 0.4) is 0 Å². The van der Waals surface area contributed by atoms with Crippen molar-refractivity contribution in [1.29, 1.82) is 0 Å². The zero-order chi connectivity index (χ0) is 18.1. The van der Waals surface area contributed by atoms with Gasteiger partial charge in [-0.25, -0.2) is 4.98 Å². The van der Waals surface area contributed by atoms with Gasteiger partial charge in [-0.3, -0.25) is 29.8 Å². The first-order valence-electron chi connectivity index (χ1n) is 6.84. The summed E-state index contributed by atoms with van der Waals surface area (Å²) in [6.07, 6.45) is 0. The van der Waals surface area contributed by atoms with Gasteiger partial charge in [-0.2, -0.15) is 0 Å². The number of aromatic amines is 1.